The molecule has 0 aliphatic heterocycles. The van der Waals surface area contributed by atoms with Gasteiger partial charge >= 0.3 is 11.9 Å². The molecule has 0 aromatic carbocycles. The van der Waals surface area contributed by atoms with Crippen molar-refractivity contribution in [3.05, 3.63) is 36.5 Å². The molecule has 0 amide bonds. The van der Waals surface area contributed by atoms with E-state index >= 15 is 0 Å². The van der Waals surface area contributed by atoms with Crippen LogP contribution in [-0.2, 0) is 14.3 Å². The largest absolute Gasteiger partial charge is 0.481 e. The van der Waals surface area contributed by atoms with Crippen LogP contribution in [0.2, 0.25) is 0 Å². The minimum Gasteiger partial charge on any atom is -0.481 e. The summed E-state index contributed by atoms with van der Waals surface area (Å²) in [4.78, 5) is 23.3. The maximum atomic E-state index is 12.6. The first-order valence-electron chi connectivity index (χ1n) is 18.0. The van der Waals surface area contributed by atoms with Gasteiger partial charge in [-0.15, -0.1) is 0 Å². The fourth-order valence-corrected chi connectivity index (χ4v) is 5.26. The maximum absolute atomic E-state index is 12.6. The third kappa shape index (κ3) is 32.7. The molecule has 1 N–H and O–H groups in total. The van der Waals surface area contributed by atoms with E-state index in [0.717, 1.165) is 96.3 Å². The predicted molar refractivity (Wildman–Crippen MR) is 181 cm³/mol. The van der Waals surface area contributed by atoms with Gasteiger partial charge in [-0.25, -0.2) is 0 Å². The molecule has 1 atom stereocenters. The van der Waals surface area contributed by atoms with Gasteiger partial charge in [-0.3, -0.25) is 9.59 Å². The molecule has 0 aliphatic carbocycles. The summed E-state index contributed by atoms with van der Waals surface area (Å²) in [6, 6.07) is 0. The van der Waals surface area contributed by atoms with Crippen molar-refractivity contribution in [1.82, 2.24) is 0 Å². The number of hydrogen-bond donors (Lipinski definition) is 1. The lowest BCUT2D eigenvalue weighted by Crippen LogP contribution is -2.18. The van der Waals surface area contributed by atoms with Crippen LogP contribution >= 0.6 is 0 Å². The van der Waals surface area contributed by atoms with Gasteiger partial charge in [-0.1, -0.05) is 140 Å². The van der Waals surface area contributed by atoms with E-state index in [4.69, 9.17) is 9.84 Å². The number of aliphatic carboxylic acids is 1. The van der Waals surface area contributed by atoms with Crippen LogP contribution in [0.25, 0.3) is 0 Å². The highest BCUT2D eigenvalue weighted by molar-refractivity contribution is 5.69. The summed E-state index contributed by atoms with van der Waals surface area (Å²) < 4.78 is 5.97. The monoisotopic (exact) mass is 589 g/mol. The number of carbonyl (C=O) groups excluding carboxylic acids is 1. The van der Waals surface area contributed by atoms with E-state index in [1.165, 1.54) is 64.2 Å². The van der Waals surface area contributed by atoms with Gasteiger partial charge < -0.3 is 9.84 Å². The summed E-state index contributed by atoms with van der Waals surface area (Å²) in [5.74, 6) is -0.730. The Balaban J connectivity index is 4.12. The Kier molecular flexibility index (Phi) is 32.2. The van der Waals surface area contributed by atoms with Crippen molar-refractivity contribution in [2.24, 2.45) is 0 Å². The molecule has 1 unspecified atom stereocenters. The Bertz CT molecular complexity index is 679. The highest BCUT2D eigenvalue weighted by atomic mass is 16.5. The topological polar surface area (TPSA) is 63.6 Å². The van der Waals surface area contributed by atoms with Crippen molar-refractivity contribution in [1.29, 1.82) is 0 Å². The predicted octanol–water partition coefficient (Wildman–Crippen LogP) is 12.2. The van der Waals surface area contributed by atoms with Gasteiger partial charge in [0.25, 0.3) is 0 Å². The molecule has 0 saturated carbocycles. The highest BCUT2D eigenvalue weighted by Gasteiger charge is 2.14. The summed E-state index contributed by atoms with van der Waals surface area (Å²) >= 11 is 0. The summed E-state index contributed by atoms with van der Waals surface area (Å²) in [6.07, 6.45) is 42.9. The van der Waals surface area contributed by atoms with Crippen LogP contribution in [-0.4, -0.2) is 23.1 Å². The quantitative estimate of drug-likeness (QED) is 0.0482. The van der Waals surface area contributed by atoms with Crippen LogP contribution in [0.1, 0.15) is 187 Å². The zero-order valence-corrected chi connectivity index (χ0v) is 27.8. The minimum absolute atomic E-state index is 0.0256. The van der Waals surface area contributed by atoms with E-state index in [0.29, 0.717) is 6.42 Å². The molecule has 4 heteroatoms. The van der Waals surface area contributed by atoms with Crippen LogP contribution < -0.4 is 0 Å². The van der Waals surface area contributed by atoms with Gasteiger partial charge in [0, 0.05) is 12.8 Å². The molecule has 0 aromatic rings. The van der Waals surface area contributed by atoms with Gasteiger partial charge in [0.05, 0.1) is 0 Å². The lowest BCUT2D eigenvalue weighted by atomic mass is 10.0. The number of ether oxygens (including phenoxy) is 1. The minimum atomic E-state index is -0.704. The fraction of sp³-hybridized carbons (Fsp3) is 0.789. The number of allylic oxidation sites excluding steroid dienone is 6. The van der Waals surface area contributed by atoms with E-state index < -0.39 is 5.97 Å². The molecule has 0 heterocycles. The van der Waals surface area contributed by atoms with Crippen molar-refractivity contribution < 1.29 is 19.4 Å². The van der Waals surface area contributed by atoms with Crippen LogP contribution in [0.4, 0.5) is 0 Å². The first-order valence-corrected chi connectivity index (χ1v) is 18.0. The fourth-order valence-electron chi connectivity index (χ4n) is 5.26. The zero-order valence-electron chi connectivity index (χ0n) is 27.8. The van der Waals surface area contributed by atoms with E-state index in [2.05, 4.69) is 50.3 Å². The molecule has 0 radical (unpaired) electrons. The summed E-state index contributed by atoms with van der Waals surface area (Å²) in [5.41, 5.74) is 0. The molecule has 42 heavy (non-hydrogen) atoms. The molecular weight excluding hydrogens is 520 g/mol. The van der Waals surface area contributed by atoms with Crippen molar-refractivity contribution >= 4 is 11.9 Å². The standard InChI is InChI=1S/C38H68O4/c1-3-5-7-9-11-13-15-16-18-20-22-27-31-35-38(41)42-36(33-29-25-23-26-30-34-37(39)40)32-28-24-21-19-17-14-12-10-8-6-4-2/h5,7,11,13,16,18,36H,3-4,6,8-10,12,14-15,17,19-35H2,1-2H3,(H,39,40)/b7-5-,13-11-,18-16-. The van der Waals surface area contributed by atoms with Gasteiger partial charge in [-0.05, 0) is 70.6 Å². The van der Waals surface area contributed by atoms with Gasteiger partial charge in [0.2, 0.25) is 0 Å². The van der Waals surface area contributed by atoms with E-state index in [9.17, 15) is 9.59 Å². The lowest BCUT2D eigenvalue weighted by Gasteiger charge is -2.18. The van der Waals surface area contributed by atoms with Crippen LogP contribution in [0.5, 0.6) is 0 Å². The second-order valence-corrected chi connectivity index (χ2v) is 12.0. The Morgan fingerprint density at radius 3 is 1.55 bits per heavy atom. The number of unbranched alkanes of at least 4 members (excludes halogenated alkanes) is 17. The number of rotatable bonds is 32. The molecule has 0 bridgehead atoms. The molecule has 244 valence electrons. The molecule has 0 aromatic heterocycles. The van der Waals surface area contributed by atoms with Gasteiger partial charge in [0.1, 0.15) is 6.10 Å². The summed E-state index contributed by atoms with van der Waals surface area (Å²) in [5, 5.41) is 8.79. The second kappa shape index (κ2) is 33.7. The Labute approximate surface area is 260 Å². The van der Waals surface area contributed by atoms with E-state index in [1.807, 2.05) is 0 Å². The number of hydrogen-bond acceptors (Lipinski definition) is 3. The third-order valence-corrected chi connectivity index (χ3v) is 7.88. The molecule has 0 aliphatic rings. The van der Waals surface area contributed by atoms with Gasteiger partial charge in [0.15, 0.2) is 0 Å². The van der Waals surface area contributed by atoms with Gasteiger partial charge in [-0.2, -0.15) is 0 Å². The highest BCUT2D eigenvalue weighted by Crippen LogP contribution is 2.19. The molecule has 0 spiro atoms. The van der Waals surface area contributed by atoms with Crippen molar-refractivity contribution in [2.75, 3.05) is 0 Å². The molecule has 0 saturated heterocycles. The van der Waals surface area contributed by atoms with Crippen molar-refractivity contribution in [3.63, 3.8) is 0 Å². The number of esters is 1. The average Bonchev–Trinajstić information content (AvgIpc) is 2.97. The van der Waals surface area contributed by atoms with Crippen molar-refractivity contribution in [2.45, 2.75) is 193 Å². The molecule has 4 nitrogen and oxygen atoms in total. The zero-order chi connectivity index (χ0) is 30.8. The van der Waals surface area contributed by atoms with Crippen molar-refractivity contribution in [3.8, 4) is 0 Å². The first kappa shape index (κ1) is 40.2. The Morgan fingerprint density at radius 1 is 0.548 bits per heavy atom. The second-order valence-electron chi connectivity index (χ2n) is 12.0. The lowest BCUT2D eigenvalue weighted by molar-refractivity contribution is -0.150. The molecule has 0 fully saturated rings. The smallest absolute Gasteiger partial charge is 0.306 e. The summed E-state index contributed by atoms with van der Waals surface area (Å²) in [6.45, 7) is 4.43. The number of carboxylic acids is 1. The molecule has 0 rings (SSSR count). The first-order chi connectivity index (χ1) is 20.6. The SMILES string of the molecule is CC/C=C\C/C=C\C/C=C\CCCCCC(=O)OC(CCCCCCCCCCCCC)CCCCCCCC(=O)O. The van der Waals surface area contributed by atoms with E-state index in [-0.39, 0.29) is 18.5 Å². The molecular formula is C38H68O4. The normalized spacial score (nSPS) is 12.6. The summed E-state index contributed by atoms with van der Waals surface area (Å²) in [7, 11) is 0. The third-order valence-electron chi connectivity index (χ3n) is 7.88. The number of carbonyl (C=O) groups is 2. The number of carboxylic acid groups (broad SMARTS) is 1. The average molecular weight is 589 g/mol. The Hall–Kier alpha value is -1.84. The Morgan fingerprint density at radius 2 is 1.00 bits per heavy atom. The maximum Gasteiger partial charge on any atom is 0.306 e. The van der Waals surface area contributed by atoms with Crippen LogP contribution in [0, 0.1) is 0 Å². The van der Waals surface area contributed by atoms with Crippen LogP contribution in [0.15, 0.2) is 36.5 Å². The van der Waals surface area contributed by atoms with E-state index in [1.54, 1.807) is 0 Å². The van der Waals surface area contributed by atoms with Crippen LogP contribution in [0.3, 0.4) is 0 Å².